The molecule has 2 heteroatoms. The Labute approximate surface area is 73.6 Å². The fraction of sp³-hybridized carbons (Fsp3) is 1.00. The number of hydrogen-bond donors (Lipinski definition) is 2. The molecule has 2 aliphatic carbocycles. The summed E-state index contributed by atoms with van der Waals surface area (Å²) < 4.78 is 0. The van der Waals surface area contributed by atoms with Gasteiger partial charge in [0.15, 0.2) is 0 Å². The molecule has 2 bridgehead atoms. The molecule has 0 radical (unpaired) electrons. The molecular formula is C10H18O2. The van der Waals surface area contributed by atoms with Gasteiger partial charge < -0.3 is 10.2 Å². The maximum absolute atomic E-state index is 10.0. The number of aliphatic hydroxyl groups excluding tert-OH is 2. The van der Waals surface area contributed by atoms with Crippen molar-refractivity contribution in [2.24, 2.45) is 16.7 Å². The zero-order valence-electron chi connectivity index (χ0n) is 8.04. The van der Waals surface area contributed by atoms with E-state index < -0.39 is 0 Å². The van der Waals surface area contributed by atoms with Gasteiger partial charge in [-0.25, -0.2) is 0 Å². The lowest BCUT2D eigenvalue weighted by Crippen LogP contribution is -2.45. The standard InChI is InChI=1S/C10H18O2/c1-9(2)6-4-10(3,8(9)12)5-7(6)11/h6-8,11-12H,4-5H2,1-3H3. The van der Waals surface area contributed by atoms with Gasteiger partial charge >= 0.3 is 0 Å². The van der Waals surface area contributed by atoms with Crippen LogP contribution in [0.4, 0.5) is 0 Å². The Kier molecular flexibility index (Phi) is 1.45. The highest BCUT2D eigenvalue weighted by atomic mass is 16.3. The molecular weight excluding hydrogens is 152 g/mol. The van der Waals surface area contributed by atoms with E-state index in [1.54, 1.807) is 0 Å². The van der Waals surface area contributed by atoms with Crippen molar-refractivity contribution in [2.45, 2.75) is 45.8 Å². The first kappa shape index (κ1) is 8.52. The minimum absolute atomic E-state index is 0.0203. The van der Waals surface area contributed by atoms with Gasteiger partial charge in [0.1, 0.15) is 0 Å². The molecule has 0 spiro atoms. The van der Waals surface area contributed by atoms with Crippen LogP contribution >= 0.6 is 0 Å². The van der Waals surface area contributed by atoms with Crippen LogP contribution in [0.1, 0.15) is 33.6 Å². The second kappa shape index (κ2) is 2.05. The average molecular weight is 170 g/mol. The molecule has 0 heterocycles. The molecule has 4 atom stereocenters. The van der Waals surface area contributed by atoms with Crippen molar-refractivity contribution >= 4 is 0 Å². The zero-order chi connectivity index (χ0) is 9.15. The van der Waals surface area contributed by atoms with E-state index in [-0.39, 0.29) is 23.0 Å². The van der Waals surface area contributed by atoms with Crippen molar-refractivity contribution in [2.75, 3.05) is 0 Å². The molecule has 2 aliphatic rings. The summed E-state index contributed by atoms with van der Waals surface area (Å²) in [5.74, 6) is 0.303. The second-order valence-electron chi connectivity index (χ2n) is 5.46. The molecule has 0 aromatic heterocycles. The molecule has 2 N–H and O–H groups in total. The Balaban J connectivity index is 2.36. The lowest BCUT2D eigenvalue weighted by atomic mass is 9.69. The van der Waals surface area contributed by atoms with E-state index >= 15 is 0 Å². The summed E-state index contributed by atoms with van der Waals surface area (Å²) in [5, 5.41) is 19.7. The normalized spacial score (nSPS) is 56.2. The van der Waals surface area contributed by atoms with E-state index in [2.05, 4.69) is 20.8 Å². The number of fused-ring (bicyclic) bond motifs is 2. The molecule has 70 valence electrons. The zero-order valence-corrected chi connectivity index (χ0v) is 8.04. The molecule has 4 unspecified atom stereocenters. The summed E-state index contributed by atoms with van der Waals surface area (Å²) >= 11 is 0. The van der Waals surface area contributed by atoms with Crippen molar-refractivity contribution < 1.29 is 10.2 Å². The predicted octanol–water partition coefficient (Wildman–Crippen LogP) is 1.16. The molecule has 2 saturated carbocycles. The van der Waals surface area contributed by atoms with E-state index in [9.17, 15) is 10.2 Å². The third kappa shape index (κ3) is 0.775. The fourth-order valence-electron chi connectivity index (χ4n) is 3.42. The maximum Gasteiger partial charge on any atom is 0.0649 e. The summed E-state index contributed by atoms with van der Waals surface area (Å²) in [6, 6.07) is 0. The number of rotatable bonds is 0. The van der Waals surface area contributed by atoms with E-state index in [4.69, 9.17) is 0 Å². The minimum Gasteiger partial charge on any atom is -0.393 e. The van der Waals surface area contributed by atoms with Gasteiger partial charge in [-0.1, -0.05) is 20.8 Å². The van der Waals surface area contributed by atoms with Gasteiger partial charge in [-0.2, -0.15) is 0 Å². The molecule has 12 heavy (non-hydrogen) atoms. The molecule has 0 aromatic rings. The molecule has 0 aliphatic heterocycles. The lowest BCUT2D eigenvalue weighted by Gasteiger charge is -2.41. The summed E-state index contributed by atoms with van der Waals surface area (Å²) in [7, 11) is 0. The first-order chi connectivity index (χ1) is 5.38. The van der Waals surface area contributed by atoms with E-state index in [1.165, 1.54) is 0 Å². The van der Waals surface area contributed by atoms with Crippen molar-refractivity contribution in [3.63, 3.8) is 0 Å². The Bertz CT molecular complexity index is 207. The third-order valence-corrected chi connectivity index (χ3v) is 4.15. The molecule has 0 amide bonds. The van der Waals surface area contributed by atoms with Crippen molar-refractivity contribution in [3.05, 3.63) is 0 Å². The van der Waals surface area contributed by atoms with Crippen LogP contribution < -0.4 is 0 Å². The first-order valence-corrected chi connectivity index (χ1v) is 4.74. The van der Waals surface area contributed by atoms with Crippen molar-refractivity contribution in [3.8, 4) is 0 Å². The lowest BCUT2D eigenvalue weighted by molar-refractivity contribution is -0.0783. The molecule has 0 aromatic carbocycles. The highest BCUT2D eigenvalue weighted by Gasteiger charge is 2.62. The van der Waals surface area contributed by atoms with Crippen LogP contribution in [0.2, 0.25) is 0 Å². The molecule has 2 nitrogen and oxygen atoms in total. The van der Waals surface area contributed by atoms with E-state index in [0.29, 0.717) is 5.92 Å². The van der Waals surface area contributed by atoms with Crippen molar-refractivity contribution in [1.29, 1.82) is 0 Å². The summed E-state index contributed by atoms with van der Waals surface area (Å²) in [6.45, 7) is 6.22. The maximum atomic E-state index is 10.0. The van der Waals surface area contributed by atoms with Gasteiger partial charge in [0.25, 0.3) is 0 Å². The van der Waals surface area contributed by atoms with E-state index in [0.717, 1.165) is 12.8 Å². The summed E-state index contributed by atoms with van der Waals surface area (Å²) in [6.07, 6.45) is 1.34. The van der Waals surface area contributed by atoms with Gasteiger partial charge in [0, 0.05) is 0 Å². The summed E-state index contributed by atoms with van der Waals surface area (Å²) in [4.78, 5) is 0. The van der Waals surface area contributed by atoms with Crippen LogP contribution in [0, 0.1) is 16.7 Å². The first-order valence-electron chi connectivity index (χ1n) is 4.74. The Morgan fingerprint density at radius 2 is 1.67 bits per heavy atom. The van der Waals surface area contributed by atoms with Crippen LogP contribution in [0.5, 0.6) is 0 Å². The van der Waals surface area contributed by atoms with Crippen LogP contribution in [0.15, 0.2) is 0 Å². The Morgan fingerprint density at radius 3 is 2.00 bits per heavy atom. The Morgan fingerprint density at radius 1 is 1.08 bits per heavy atom. The molecule has 0 saturated heterocycles. The Hall–Kier alpha value is -0.0800. The van der Waals surface area contributed by atoms with Crippen LogP contribution in [0.25, 0.3) is 0 Å². The quantitative estimate of drug-likeness (QED) is 0.573. The summed E-state index contributed by atoms with van der Waals surface area (Å²) in [5.41, 5.74) is -0.111. The predicted molar refractivity (Wildman–Crippen MR) is 46.6 cm³/mol. The van der Waals surface area contributed by atoms with Gasteiger partial charge in [-0.15, -0.1) is 0 Å². The average Bonchev–Trinajstić information content (AvgIpc) is 2.32. The highest BCUT2D eigenvalue weighted by molar-refractivity contribution is 5.12. The number of hydrogen-bond acceptors (Lipinski definition) is 2. The van der Waals surface area contributed by atoms with E-state index in [1.807, 2.05) is 0 Å². The molecule has 2 rings (SSSR count). The monoisotopic (exact) mass is 170 g/mol. The van der Waals surface area contributed by atoms with Crippen LogP contribution in [0.3, 0.4) is 0 Å². The van der Waals surface area contributed by atoms with Gasteiger partial charge in [0.05, 0.1) is 12.2 Å². The van der Waals surface area contributed by atoms with Gasteiger partial charge in [0.2, 0.25) is 0 Å². The highest BCUT2D eigenvalue weighted by Crippen LogP contribution is 2.62. The van der Waals surface area contributed by atoms with Crippen molar-refractivity contribution in [1.82, 2.24) is 0 Å². The SMILES string of the molecule is CC12CC(O)C(C1)C(C)(C)C2O. The number of aliphatic hydroxyl groups is 2. The van der Waals surface area contributed by atoms with Crippen LogP contribution in [-0.4, -0.2) is 22.4 Å². The largest absolute Gasteiger partial charge is 0.393 e. The molecule has 2 fully saturated rings. The van der Waals surface area contributed by atoms with Crippen LogP contribution in [-0.2, 0) is 0 Å². The fourth-order valence-corrected chi connectivity index (χ4v) is 3.42. The topological polar surface area (TPSA) is 40.5 Å². The second-order valence-corrected chi connectivity index (χ2v) is 5.46. The smallest absolute Gasteiger partial charge is 0.0649 e. The van der Waals surface area contributed by atoms with Gasteiger partial charge in [-0.3, -0.25) is 0 Å². The van der Waals surface area contributed by atoms with Gasteiger partial charge in [-0.05, 0) is 29.6 Å². The minimum atomic E-state index is -0.238. The third-order valence-electron chi connectivity index (χ3n) is 4.15.